The van der Waals surface area contributed by atoms with E-state index in [-0.39, 0.29) is 5.91 Å². The molecule has 7 heteroatoms. The number of amides is 1. The molecule has 7 nitrogen and oxygen atoms in total. The van der Waals surface area contributed by atoms with Crippen molar-refractivity contribution in [2.45, 2.75) is 32.0 Å². The van der Waals surface area contributed by atoms with Gasteiger partial charge < -0.3 is 5.32 Å². The van der Waals surface area contributed by atoms with Gasteiger partial charge in [0.1, 0.15) is 5.69 Å². The van der Waals surface area contributed by atoms with Gasteiger partial charge in [-0.3, -0.25) is 14.7 Å². The molecule has 0 bridgehead atoms. The minimum absolute atomic E-state index is 0.0414. The first-order valence-corrected chi connectivity index (χ1v) is 9.62. The minimum atomic E-state index is -0.554. The van der Waals surface area contributed by atoms with E-state index in [9.17, 15) is 4.79 Å². The standard InChI is InChI=1S/C21H25N5O2/c1-16-5-7-17(8-6-16)14-23-19(27)15-26-12-9-21(10-13-26)24-20(25-28-21)18-4-2-3-11-22-18/h2-8,11H,9-10,12-15H2,1H3,(H,23,27)(H,24,25). The van der Waals surface area contributed by atoms with E-state index in [1.165, 1.54) is 5.56 Å². The summed E-state index contributed by atoms with van der Waals surface area (Å²) in [6, 6.07) is 13.9. The molecule has 2 aromatic rings. The Morgan fingerprint density at radius 2 is 2.00 bits per heavy atom. The lowest BCUT2D eigenvalue weighted by Gasteiger charge is -2.35. The van der Waals surface area contributed by atoms with Gasteiger partial charge in [-0.05, 0) is 24.6 Å². The summed E-state index contributed by atoms with van der Waals surface area (Å²) in [4.78, 5) is 29.3. The molecule has 1 aromatic heterocycles. The highest BCUT2D eigenvalue weighted by atomic mass is 16.7. The summed E-state index contributed by atoms with van der Waals surface area (Å²) in [5, 5.41) is 3.00. The smallest absolute Gasteiger partial charge is 0.234 e. The second kappa shape index (κ2) is 8.08. The van der Waals surface area contributed by atoms with E-state index >= 15 is 0 Å². The Bertz CT molecular complexity index is 843. The van der Waals surface area contributed by atoms with E-state index in [1.807, 2.05) is 30.3 Å². The predicted octanol–water partition coefficient (Wildman–Crippen LogP) is 1.78. The lowest BCUT2D eigenvalue weighted by atomic mass is 10.0. The number of carbonyl (C=O) groups excluding carboxylic acids is 1. The first-order chi connectivity index (χ1) is 13.6. The molecular formula is C21H25N5O2. The van der Waals surface area contributed by atoms with E-state index in [1.54, 1.807) is 6.20 Å². The Kier molecular flexibility index (Phi) is 5.36. The Hall–Kier alpha value is -2.77. The van der Waals surface area contributed by atoms with E-state index in [2.05, 4.69) is 39.7 Å². The molecule has 1 aromatic carbocycles. The molecular weight excluding hydrogens is 354 g/mol. The fourth-order valence-electron chi connectivity index (χ4n) is 3.45. The molecule has 2 N–H and O–H groups in total. The maximum absolute atomic E-state index is 12.3. The summed E-state index contributed by atoms with van der Waals surface area (Å²) >= 11 is 0. The zero-order valence-corrected chi connectivity index (χ0v) is 16.0. The summed E-state index contributed by atoms with van der Waals surface area (Å²) in [5.74, 6) is 0.713. The van der Waals surface area contributed by atoms with Gasteiger partial charge in [-0.2, -0.15) is 0 Å². The number of aliphatic imine (C=N–C) groups is 1. The van der Waals surface area contributed by atoms with Gasteiger partial charge in [-0.1, -0.05) is 35.9 Å². The van der Waals surface area contributed by atoms with Crippen molar-refractivity contribution in [3.05, 3.63) is 65.5 Å². The summed E-state index contributed by atoms with van der Waals surface area (Å²) in [6.07, 6.45) is 3.21. The Morgan fingerprint density at radius 1 is 1.21 bits per heavy atom. The number of hydrogen-bond acceptors (Lipinski definition) is 6. The first-order valence-electron chi connectivity index (χ1n) is 9.62. The normalized spacial score (nSPS) is 18.5. The number of piperidine rings is 1. The van der Waals surface area contributed by atoms with Crippen LogP contribution in [-0.2, 0) is 16.2 Å². The van der Waals surface area contributed by atoms with E-state index in [4.69, 9.17) is 9.83 Å². The Morgan fingerprint density at radius 3 is 2.71 bits per heavy atom. The number of carbonyl (C=O) groups is 1. The molecule has 0 unspecified atom stereocenters. The second-order valence-electron chi connectivity index (χ2n) is 7.36. The molecule has 2 aliphatic rings. The van der Waals surface area contributed by atoms with Gasteiger partial charge in [-0.25, -0.2) is 15.3 Å². The SMILES string of the molecule is Cc1ccc(CNC(=O)CN2CCC3(CC2)N=C(c2ccccn2)NO3)cc1. The molecule has 146 valence electrons. The Labute approximate surface area is 164 Å². The predicted molar refractivity (Wildman–Crippen MR) is 106 cm³/mol. The highest BCUT2D eigenvalue weighted by Gasteiger charge is 2.40. The first kappa shape index (κ1) is 18.6. The van der Waals surface area contributed by atoms with Gasteiger partial charge in [0, 0.05) is 38.7 Å². The maximum Gasteiger partial charge on any atom is 0.234 e. The number of hydrogen-bond donors (Lipinski definition) is 2. The van der Waals surface area contributed by atoms with Crippen molar-refractivity contribution in [3.63, 3.8) is 0 Å². The summed E-state index contributed by atoms with van der Waals surface area (Å²) < 4.78 is 0. The summed E-state index contributed by atoms with van der Waals surface area (Å²) in [7, 11) is 0. The van der Waals surface area contributed by atoms with Crippen molar-refractivity contribution in [3.8, 4) is 0 Å². The lowest BCUT2D eigenvalue weighted by molar-refractivity contribution is -0.125. The Balaban J connectivity index is 1.26. The second-order valence-corrected chi connectivity index (χ2v) is 7.36. The zero-order chi connectivity index (χ0) is 19.4. The van der Waals surface area contributed by atoms with Crippen molar-refractivity contribution in [2.24, 2.45) is 4.99 Å². The van der Waals surface area contributed by atoms with Crippen molar-refractivity contribution in [1.82, 2.24) is 20.7 Å². The molecule has 2 aliphatic heterocycles. The quantitative estimate of drug-likeness (QED) is 0.828. The third-order valence-electron chi connectivity index (χ3n) is 5.18. The molecule has 1 amide bonds. The van der Waals surface area contributed by atoms with Crippen LogP contribution in [0.2, 0.25) is 0 Å². The van der Waals surface area contributed by atoms with Crippen LogP contribution < -0.4 is 10.8 Å². The molecule has 0 atom stereocenters. The molecule has 0 aliphatic carbocycles. The largest absolute Gasteiger partial charge is 0.351 e. The van der Waals surface area contributed by atoms with Crippen molar-refractivity contribution in [1.29, 1.82) is 0 Å². The van der Waals surface area contributed by atoms with Crippen LogP contribution in [0.4, 0.5) is 0 Å². The highest BCUT2D eigenvalue weighted by molar-refractivity contribution is 5.97. The van der Waals surface area contributed by atoms with Gasteiger partial charge >= 0.3 is 0 Å². The van der Waals surface area contributed by atoms with E-state index < -0.39 is 5.72 Å². The van der Waals surface area contributed by atoms with Crippen molar-refractivity contribution < 1.29 is 9.63 Å². The number of nitrogens with zero attached hydrogens (tertiary/aromatic N) is 3. The summed E-state index contributed by atoms with van der Waals surface area (Å²) in [6.45, 7) is 4.53. The molecule has 0 saturated carbocycles. The summed E-state index contributed by atoms with van der Waals surface area (Å²) in [5.41, 5.74) is 5.47. The average Bonchev–Trinajstić information content (AvgIpc) is 3.14. The van der Waals surface area contributed by atoms with Crippen LogP contribution in [0, 0.1) is 6.92 Å². The van der Waals surface area contributed by atoms with Crippen LogP contribution >= 0.6 is 0 Å². The number of aromatic nitrogens is 1. The number of nitrogens with one attached hydrogen (secondary N) is 2. The van der Waals surface area contributed by atoms with Crippen molar-refractivity contribution >= 4 is 11.7 Å². The van der Waals surface area contributed by atoms with Crippen LogP contribution in [0.5, 0.6) is 0 Å². The molecule has 28 heavy (non-hydrogen) atoms. The topological polar surface area (TPSA) is 78.9 Å². The molecule has 4 rings (SSSR count). The van der Waals surface area contributed by atoms with Crippen LogP contribution in [0.1, 0.15) is 29.7 Å². The van der Waals surface area contributed by atoms with Gasteiger partial charge in [0.2, 0.25) is 5.91 Å². The van der Waals surface area contributed by atoms with Crippen LogP contribution in [0.15, 0.2) is 53.7 Å². The monoisotopic (exact) mass is 379 g/mol. The number of aryl methyl sites for hydroxylation is 1. The van der Waals surface area contributed by atoms with Crippen LogP contribution in [0.25, 0.3) is 0 Å². The number of rotatable bonds is 5. The van der Waals surface area contributed by atoms with Crippen LogP contribution in [0.3, 0.4) is 0 Å². The van der Waals surface area contributed by atoms with Crippen LogP contribution in [-0.4, -0.2) is 47.0 Å². The number of amidine groups is 1. The molecule has 1 saturated heterocycles. The van der Waals surface area contributed by atoms with Gasteiger partial charge in [0.15, 0.2) is 11.6 Å². The van der Waals surface area contributed by atoms with E-state index in [0.29, 0.717) is 18.9 Å². The third-order valence-corrected chi connectivity index (χ3v) is 5.18. The van der Waals surface area contributed by atoms with Gasteiger partial charge in [-0.15, -0.1) is 0 Å². The number of hydroxylamine groups is 1. The minimum Gasteiger partial charge on any atom is -0.351 e. The zero-order valence-electron chi connectivity index (χ0n) is 16.0. The highest BCUT2D eigenvalue weighted by Crippen LogP contribution is 2.30. The molecule has 1 fully saturated rings. The average molecular weight is 379 g/mol. The molecule has 3 heterocycles. The van der Waals surface area contributed by atoms with Crippen molar-refractivity contribution in [2.75, 3.05) is 19.6 Å². The maximum atomic E-state index is 12.3. The fourth-order valence-corrected chi connectivity index (χ4v) is 3.45. The molecule has 1 spiro atoms. The number of pyridine rings is 1. The lowest BCUT2D eigenvalue weighted by Crippen LogP contribution is -2.47. The fraction of sp³-hybridized carbons (Fsp3) is 0.381. The third kappa shape index (κ3) is 4.37. The van der Waals surface area contributed by atoms with E-state index in [0.717, 1.165) is 37.2 Å². The number of likely N-dealkylation sites (tertiary alicyclic amines) is 1. The molecule has 0 radical (unpaired) electrons. The van der Waals surface area contributed by atoms with Gasteiger partial charge in [0.05, 0.1) is 6.54 Å². The van der Waals surface area contributed by atoms with Gasteiger partial charge in [0.25, 0.3) is 0 Å². The number of benzene rings is 1.